The number of aryl methyl sites for hydroxylation is 2. The molecule has 7 nitrogen and oxygen atoms in total. The van der Waals surface area contributed by atoms with E-state index < -0.39 is 5.82 Å². The Balaban J connectivity index is 1.58. The van der Waals surface area contributed by atoms with E-state index in [1.807, 2.05) is 44.2 Å². The number of rotatable bonds is 5. The van der Waals surface area contributed by atoms with Crippen LogP contribution < -0.4 is 10.3 Å². The van der Waals surface area contributed by atoms with Crippen LogP contribution in [0.2, 0.25) is 5.02 Å². The van der Waals surface area contributed by atoms with Crippen molar-refractivity contribution < 1.29 is 14.2 Å². The number of aromatic nitrogens is 2. The van der Waals surface area contributed by atoms with Gasteiger partial charge in [-0.1, -0.05) is 23.7 Å². The molecule has 0 unspecified atom stereocenters. The minimum absolute atomic E-state index is 0.109. The van der Waals surface area contributed by atoms with Gasteiger partial charge in [-0.25, -0.2) is 14.8 Å². The number of hydrogen-bond donors (Lipinski definition) is 2. The third kappa shape index (κ3) is 4.66. The highest BCUT2D eigenvalue weighted by molar-refractivity contribution is 6.33. The fourth-order valence-electron chi connectivity index (χ4n) is 3.62. The molecule has 9 heteroatoms. The SMILES string of the molecule is Cc1cc(-c2c(C)cccc2Cl)cc(/C=N\Nc2ncc(F)c(N3CCOCC3)n2)c1O. The van der Waals surface area contributed by atoms with Gasteiger partial charge in [0, 0.05) is 29.2 Å². The summed E-state index contributed by atoms with van der Waals surface area (Å²) in [7, 11) is 0. The minimum atomic E-state index is -0.502. The minimum Gasteiger partial charge on any atom is -0.507 e. The third-order valence-corrected chi connectivity index (χ3v) is 5.56. The molecule has 3 aromatic rings. The summed E-state index contributed by atoms with van der Waals surface area (Å²) in [4.78, 5) is 9.98. The van der Waals surface area contributed by atoms with E-state index in [-0.39, 0.29) is 17.5 Å². The van der Waals surface area contributed by atoms with Gasteiger partial charge in [0.05, 0.1) is 25.6 Å². The molecule has 4 rings (SSSR count). The van der Waals surface area contributed by atoms with Crippen molar-refractivity contribution >= 4 is 29.6 Å². The summed E-state index contributed by atoms with van der Waals surface area (Å²) in [6.07, 6.45) is 2.58. The van der Waals surface area contributed by atoms with Crippen LogP contribution in [0.4, 0.5) is 16.2 Å². The molecule has 0 bridgehead atoms. The molecule has 0 saturated carbocycles. The van der Waals surface area contributed by atoms with Crippen LogP contribution in [-0.2, 0) is 4.74 Å². The molecule has 0 radical (unpaired) electrons. The zero-order valence-corrected chi connectivity index (χ0v) is 18.5. The lowest BCUT2D eigenvalue weighted by Gasteiger charge is -2.27. The third-order valence-electron chi connectivity index (χ3n) is 5.24. The monoisotopic (exact) mass is 455 g/mol. The number of morpholine rings is 1. The van der Waals surface area contributed by atoms with Crippen LogP contribution in [0.1, 0.15) is 16.7 Å². The maximum Gasteiger partial charge on any atom is 0.245 e. The normalized spacial score (nSPS) is 14.2. The topological polar surface area (TPSA) is 82.9 Å². The number of phenols is 1. The first-order valence-electron chi connectivity index (χ1n) is 10.2. The van der Waals surface area contributed by atoms with Crippen LogP contribution in [0.3, 0.4) is 0 Å². The van der Waals surface area contributed by atoms with E-state index in [2.05, 4.69) is 20.5 Å². The van der Waals surface area contributed by atoms with Crippen LogP contribution in [0.5, 0.6) is 5.75 Å². The lowest BCUT2D eigenvalue weighted by molar-refractivity contribution is 0.122. The van der Waals surface area contributed by atoms with Gasteiger partial charge in [0.25, 0.3) is 0 Å². The molecule has 2 aromatic carbocycles. The number of benzene rings is 2. The average molecular weight is 456 g/mol. The molecule has 1 aliphatic heterocycles. The smallest absolute Gasteiger partial charge is 0.245 e. The molecular weight excluding hydrogens is 433 g/mol. The van der Waals surface area contributed by atoms with Crippen molar-refractivity contribution in [1.82, 2.24) is 9.97 Å². The summed E-state index contributed by atoms with van der Waals surface area (Å²) in [5.41, 5.74) is 6.71. The van der Waals surface area contributed by atoms with Gasteiger partial charge < -0.3 is 14.7 Å². The molecule has 1 saturated heterocycles. The van der Waals surface area contributed by atoms with E-state index in [4.69, 9.17) is 16.3 Å². The lowest BCUT2D eigenvalue weighted by atomic mass is 9.96. The summed E-state index contributed by atoms with van der Waals surface area (Å²) in [6.45, 7) is 5.94. The molecule has 2 N–H and O–H groups in total. The second kappa shape index (κ2) is 9.50. The van der Waals surface area contributed by atoms with Crippen LogP contribution in [-0.4, -0.2) is 47.6 Å². The lowest BCUT2D eigenvalue weighted by Crippen LogP contribution is -2.37. The number of nitrogens with one attached hydrogen (secondary N) is 1. The van der Waals surface area contributed by atoms with Crippen molar-refractivity contribution in [2.24, 2.45) is 5.10 Å². The van der Waals surface area contributed by atoms with Crippen molar-refractivity contribution in [1.29, 1.82) is 0 Å². The van der Waals surface area contributed by atoms with Crippen molar-refractivity contribution in [2.45, 2.75) is 13.8 Å². The Labute approximate surface area is 190 Å². The number of halogens is 2. The van der Waals surface area contributed by atoms with Crippen molar-refractivity contribution in [2.75, 3.05) is 36.6 Å². The first-order chi connectivity index (χ1) is 15.4. The summed E-state index contributed by atoms with van der Waals surface area (Å²) < 4.78 is 19.5. The second-order valence-corrected chi connectivity index (χ2v) is 7.90. The van der Waals surface area contributed by atoms with Crippen LogP contribution in [0.15, 0.2) is 41.6 Å². The first kappa shape index (κ1) is 22.0. The molecule has 1 fully saturated rings. The number of phenolic OH excluding ortho intramolecular Hbond substituents is 1. The van der Waals surface area contributed by atoms with Gasteiger partial charge in [-0.2, -0.15) is 10.1 Å². The number of anilines is 2. The van der Waals surface area contributed by atoms with Gasteiger partial charge in [-0.05, 0) is 48.7 Å². The Morgan fingerprint density at radius 3 is 2.75 bits per heavy atom. The zero-order chi connectivity index (χ0) is 22.7. The Hall–Kier alpha value is -3.23. The fourth-order valence-corrected chi connectivity index (χ4v) is 3.95. The quantitative estimate of drug-likeness (QED) is 0.434. The highest BCUT2D eigenvalue weighted by Crippen LogP contribution is 2.35. The van der Waals surface area contributed by atoms with E-state index in [0.29, 0.717) is 42.5 Å². The Kier molecular flexibility index (Phi) is 6.53. The molecule has 2 heterocycles. The van der Waals surface area contributed by atoms with Crippen molar-refractivity contribution in [3.05, 3.63) is 64.1 Å². The van der Waals surface area contributed by atoms with E-state index in [9.17, 15) is 9.50 Å². The highest BCUT2D eigenvalue weighted by Gasteiger charge is 2.18. The molecule has 166 valence electrons. The van der Waals surface area contributed by atoms with E-state index in [1.165, 1.54) is 6.21 Å². The average Bonchev–Trinajstić information content (AvgIpc) is 2.78. The highest BCUT2D eigenvalue weighted by atomic mass is 35.5. The number of nitrogens with zero attached hydrogens (tertiary/aromatic N) is 4. The fraction of sp³-hybridized carbons (Fsp3) is 0.261. The van der Waals surface area contributed by atoms with Gasteiger partial charge in [-0.15, -0.1) is 0 Å². The van der Waals surface area contributed by atoms with Crippen molar-refractivity contribution in [3.8, 4) is 16.9 Å². The summed E-state index contributed by atoms with van der Waals surface area (Å²) in [6, 6.07) is 9.41. The molecule has 32 heavy (non-hydrogen) atoms. The van der Waals surface area contributed by atoms with Crippen LogP contribution in [0.25, 0.3) is 11.1 Å². The number of hydrogen-bond acceptors (Lipinski definition) is 7. The zero-order valence-electron chi connectivity index (χ0n) is 17.8. The maximum absolute atomic E-state index is 14.2. The summed E-state index contributed by atoms with van der Waals surface area (Å²) in [5.74, 6) is -0.0371. The molecular formula is C23H23ClFN5O2. The van der Waals surface area contributed by atoms with Gasteiger partial charge in [0.1, 0.15) is 5.75 Å². The Morgan fingerprint density at radius 2 is 2.00 bits per heavy atom. The summed E-state index contributed by atoms with van der Waals surface area (Å²) >= 11 is 6.42. The van der Waals surface area contributed by atoms with Gasteiger partial charge in [0.2, 0.25) is 5.95 Å². The van der Waals surface area contributed by atoms with Crippen LogP contribution in [0, 0.1) is 19.7 Å². The number of hydrazone groups is 1. The van der Waals surface area contributed by atoms with Gasteiger partial charge in [0.15, 0.2) is 11.6 Å². The van der Waals surface area contributed by atoms with E-state index in [1.54, 1.807) is 4.90 Å². The standard InChI is InChI=1S/C23H23ClFN5O2/c1-14-4-3-5-18(24)20(14)16-10-15(2)21(31)17(11-16)12-27-29-23-26-13-19(25)22(28-23)30-6-8-32-9-7-30/h3-5,10-13,31H,6-9H2,1-2H3,(H,26,28,29)/b27-12-. The van der Waals surface area contributed by atoms with E-state index in [0.717, 1.165) is 22.9 Å². The van der Waals surface area contributed by atoms with Crippen LogP contribution >= 0.6 is 11.6 Å². The van der Waals surface area contributed by atoms with Crippen molar-refractivity contribution in [3.63, 3.8) is 0 Å². The maximum atomic E-state index is 14.2. The largest absolute Gasteiger partial charge is 0.507 e. The van der Waals surface area contributed by atoms with E-state index >= 15 is 0 Å². The Morgan fingerprint density at radius 1 is 1.22 bits per heavy atom. The molecule has 0 amide bonds. The predicted octanol–water partition coefficient (Wildman–Crippen LogP) is 4.54. The predicted molar refractivity (Wildman–Crippen MR) is 124 cm³/mol. The number of ether oxygens (including phenoxy) is 1. The van der Waals surface area contributed by atoms with Gasteiger partial charge >= 0.3 is 0 Å². The molecule has 1 aromatic heterocycles. The Bertz CT molecular complexity index is 1150. The molecule has 0 spiro atoms. The second-order valence-electron chi connectivity index (χ2n) is 7.50. The van der Waals surface area contributed by atoms with Gasteiger partial charge in [-0.3, -0.25) is 0 Å². The molecule has 0 atom stereocenters. The molecule has 0 aliphatic carbocycles. The number of aromatic hydroxyl groups is 1. The summed E-state index contributed by atoms with van der Waals surface area (Å²) in [5, 5.41) is 15.3. The molecule has 1 aliphatic rings. The first-order valence-corrected chi connectivity index (χ1v) is 10.5.